The Hall–Kier alpha value is -1.33. The summed E-state index contributed by atoms with van der Waals surface area (Å²) in [6.45, 7) is 9.17. The molecule has 0 unspecified atom stereocenters. The van der Waals surface area contributed by atoms with E-state index in [-0.39, 0.29) is 17.2 Å². The van der Waals surface area contributed by atoms with Gasteiger partial charge in [-0.1, -0.05) is 18.2 Å². The molecule has 100 valence electrons. The van der Waals surface area contributed by atoms with Crippen molar-refractivity contribution in [2.45, 2.75) is 31.2 Å². The fourth-order valence-electron chi connectivity index (χ4n) is 1.64. The van der Waals surface area contributed by atoms with Crippen molar-refractivity contribution in [3.8, 4) is 5.75 Å². The molecule has 0 heterocycles. The van der Waals surface area contributed by atoms with E-state index in [0.29, 0.717) is 0 Å². The van der Waals surface area contributed by atoms with Gasteiger partial charge in [0.05, 0.1) is 0 Å². The van der Waals surface area contributed by atoms with Crippen LogP contribution in [0.15, 0.2) is 41.8 Å². The number of benzene rings is 1. The van der Waals surface area contributed by atoms with Gasteiger partial charge in [0.25, 0.3) is 0 Å². The summed E-state index contributed by atoms with van der Waals surface area (Å²) in [5.74, 6) is -0.240. The zero-order valence-electron chi connectivity index (χ0n) is 10.9. The normalized spacial score (nSPS) is 12.7. The standard InChI is InChI=1S/C13H19NO3S/c1-5-10-14(13(2,3)4)18(16,17)12-9-7-6-8-11(12)15/h5-9,15H,1,10H2,2-4H3. The van der Waals surface area contributed by atoms with Crippen LogP contribution in [0.2, 0.25) is 0 Å². The van der Waals surface area contributed by atoms with E-state index in [1.165, 1.54) is 22.5 Å². The molecule has 0 spiro atoms. The molecule has 0 saturated carbocycles. The molecule has 0 bridgehead atoms. The third-order valence-electron chi connectivity index (χ3n) is 2.48. The van der Waals surface area contributed by atoms with Crippen LogP contribution in [0.4, 0.5) is 0 Å². The third kappa shape index (κ3) is 2.91. The second-order valence-electron chi connectivity index (χ2n) is 4.96. The molecule has 0 aromatic heterocycles. The van der Waals surface area contributed by atoms with E-state index in [4.69, 9.17) is 0 Å². The molecular weight excluding hydrogens is 250 g/mol. The van der Waals surface area contributed by atoms with E-state index in [9.17, 15) is 13.5 Å². The number of aromatic hydroxyl groups is 1. The van der Waals surface area contributed by atoms with Crippen molar-refractivity contribution in [1.82, 2.24) is 4.31 Å². The summed E-state index contributed by atoms with van der Waals surface area (Å²) in [6.07, 6.45) is 1.53. The predicted molar refractivity (Wildman–Crippen MR) is 71.9 cm³/mol. The van der Waals surface area contributed by atoms with Crippen LogP contribution < -0.4 is 0 Å². The Labute approximate surface area is 109 Å². The highest BCUT2D eigenvalue weighted by Crippen LogP contribution is 2.29. The first kappa shape index (κ1) is 14.7. The molecule has 5 heteroatoms. The highest BCUT2D eigenvalue weighted by Gasteiger charge is 2.34. The number of sulfonamides is 1. The second-order valence-corrected chi connectivity index (χ2v) is 6.79. The van der Waals surface area contributed by atoms with Crippen LogP contribution in [-0.2, 0) is 10.0 Å². The number of phenolic OH excluding ortho intramolecular Hbond substituents is 1. The van der Waals surface area contributed by atoms with Crippen LogP contribution in [0.5, 0.6) is 5.75 Å². The summed E-state index contributed by atoms with van der Waals surface area (Å²) in [6, 6.07) is 5.93. The summed E-state index contributed by atoms with van der Waals surface area (Å²) in [5.41, 5.74) is -0.588. The van der Waals surface area contributed by atoms with Crippen molar-refractivity contribution >= 4 is 10.0 Å². The van der Waals surface area contributed by atoms with Gasteiger partial charge in [0.15, 0.2) is 0 Å². The first-order chi connectivity index (χ1) is 8.21. The molecule has 18 heavy (non-hydrogen) atoms. The van der Waals surface area contributed by atoms with Crippen LogP contribution in [0, 0.1) is 0 Å². The van der Waals surface area contributed by atoms with Crippen molar-refractivity contribution in [2.24, 2.45) is 0 Å². The van der Waals surface area contributed by atoms with E-state index >= 15 is 0 Å². The van der Waals surface area contributed by atoms with Crippen LogP contribution in [0.25, 0.3) is 0 Å². The summed E-state index contributed by atoms with van der Waals surface area (Å²) < 4.78 is 26.3. The van der Waals surface area contributed by atoms with Crippen molar-refractivity contribution in [3.63, 3.8) is 0 Å². The van der Waals surface area contributed by atoms with Crippen molar-refractivity contribution in [1.29, 1.82) is 0 Å². The number of nitrogens with zero attached hydrogens (tertiary/aromatic N) is 1. The molecule has 0 atom stereocenters. The number of hydrogen-bond donors (Lipinski definition) is 1. The van der Waals surface area contributed by atoms with Gasteiger partial charge in [0.1, 0.15) is 10.6 Å². The molecule has 0 radical (unpaired) electrons. The van der Waals surface area contributed by atoms with Crippen molar-refractivity contribution in [2.75, 3.05) is 6.54 Å². The first-order valence-corrected chi connectivity index (χ1v) is 7.07. The molecule has 0 fully saturated rings. The molecule has 0 aliphatic carbocycles. The van der Waals surface area contributed by atoms with Gasteiger partial charge in [-0.2, -0.15) is 4.31 Å². The maximum atomic E-state index is 12.5. The lowest BCUT2D eigenvalue weighted by molar-refractivity contribution is 0.269. The van der Waals surface area contributed by atoms with Crippen LogP contribution in [0.3, 0.4) is 0 Å². The SMILES string of the molecule is C=CCN(C(C)(C)C)S(=O)(=O)c1ccccc1O. The average molecular weight is 269 g/mol. The highest BCUT2D eigenvalue weighted by atomic mass is 32.2. The summed E-state index contributed by atoms with van der Waals surface area (Å²) in [7, 11) is -3.74. The van der Waals surface area contributed by atoms with Crippen LogP contribution in [0.1, 0.15) is 20.8 Å². The van der Waals surface area contributed by atoms with E-state index in [1.807, 2.05) is 0 Å². The molecule has 1 aromatic carbocycles. The first-order valence-electron chi connectivity index (χ1n) is 5.63. The second kappa shape index (κ2) is 5.12. The van der Waals surface area contributed by atoms with E-state index in [0.717, 1.165) is 0 Å². The molecule has 0 amide bonds. The largest absolute Gasteiger partial charge is 0.507 e. The number of phenols is 1. The van der Waals surface area contributed by atoms with Gasteiger partial charge in [-0.25, -0.2) is 8.42 Å². The quantitative estimate of drug-likeness (QED) is 0.854. The third-order valence-corrected chi connectivity index (χ3v) is 4.65. The maximum Gasteiger partial charge on any atom is 0.247 e. The number of rotatable bonds is 4. The molecule has 4 nitrogen and oxygen atoms in total. The van der Waals surface area contributed by atoms with Gasteiger partial charge in [-0.3, -0.25) is 0 Å². The summed E-state index contributed by atoms with van der Waals surface area (Å²) in [4.78, 5) is -0.0817. The van der Waals surface area contributed by atoms with E-state index < -0.39 is 15.6 Å². The number of hydrogen-bond acceptors (Lipinski definition) is 3. The minimum absolute atomic E-state index is 0.0817. The predicted octanol–water partition coefficient (Wildman–Crippen LogP) is 2.37. The van der Waals surface area contributed by atoms with Crippen LogP contribution in [-0.4, -0.2) is 29.9 Å². The Morgan fingerprint density at radius 1 is 1.33 bits per heavy atom. The Bertz CT molecular complexity index is 529. The molecule has 1 N–H and O–H groups in total. The molecule has 0 saturated heterocycles. The van der Waals surface area contributed by atoms with Gasteiger partial charge in [-0.05, 0) is 32.9 Å². The Balaban J connectivity index is 3.35. The Kier molecular flexibility index (Phi) is 4.19. The van der Waals surface area contributed by atoms with Crippen molar-refractivity contribution < 1.29 is 13.5 Å². The van der Waals surface area contributed by atoms with Gasteiger partial charge < -0.3 is 5.11 Å². The maximum absolute atomic E-state index is 12.5. The molecule has 0 aliphatic heterocycles. The van der Waals surface area contributed by atoms with Crippen LogP contribution >= 0.6 is 0 Å². The average Bonchev–Trinajstić information content (AvgIpc) is 2.24. The highest BCUT2D eigenvalue weighted by molar-refractivity contribution is 7.89. The topological polar surface area (TPSA) is 57.6 Å². The zero-order chi connectivity index (χ0) is 14.0. The molecule has 0 aliphatic rings. The fourth-order valence-corrected chi connectivity index (χ4v) is 3.49. The summed E-state index contributed by atoms with van der Waals surface area (Å²) in [5, 5.41) is 9.70. The lowest BCUT2D eigenvalue weighted by Gasteiger charge is -2.33. The van der Waals surface area contributed by atoms with Gasteiger partial charge in [0, 0.05) is 12.1 Å². The van der Waals surface area contributed by atoms with Gasteiger partial charge in [-0.15, -0.1) is 6.58 Å². The summed E-state index contributed by atoms with van der Waals surface area (Å²) >= 11 is 0. The monoisotopic (exact) mass is 269 g/mol. The number of para-hydroxylation sites is 1. The lowest BCUT2D eigenvalue weighted by Crippen LogP contribution is -2.45. The zero-order valence-corrected chi connectivity index (χ0v) is 11.7. The lowest BCUT2D eigenvalue weighted by atomic mass is 10.1. The fraction of sp³-hybridized carbons (Fsp3) is 0.385. The molecular formula is C13H19NO3S. The smallest absolute Gasteiger partial charge is 0.247 e. The van der Waals surface area contributed by atoms with Crippen molar-refractivity contribution in [3.05, 3.63) is 36.9 Å². The van der Waals surface area contributed by atoms with Gasteiger partial charge >= 0.3 is 0 Å². The molecule has 1 rings (SSSR count). The van der Waals surface area contributed by atoms with E-state index in [1.54, 1.807) is 32.9 Å². The minimum Gasteiger partial charge on any atom is -0.507 e. The Morgan fingerprint density at radius 2 is 1.89 bits per heavy atom. The Morgan fingerprint density at radius 3 is 2.33 bits per heavy atom. The van der Waals surface area contributed by atoms with E-state index in [2.05, 4.69) is 6.58 Å². The van der Waals surface area contributed by atoms with Gasteiger partial charge in [0.2, 0.25) is 10.0 Å². The molecule has 1 aromatic rings. The minimum atomic E-state index is -3.74.